The predicted molar refractivity (Wildman–Crippen MR) is 100 cm³/mol. The lowest BCUT2D eigenvalue weighted by Gasteiger charge is -2.41. The van der Waals surface area contributed by atoms with Crippen molar-refractivity contribution in [3.63, 3.8) is 0 Å². The van der Waals surface area contributed by atoms with Gasteiger partial charge in [0.2, 0.25) is 6.79 Å². The van der Waals surface area contributed by atoms with Crippen molar-refractivity contribution in [1.29, 1.82) is 0 Å². The number of aliphatic hydroxyl groups is 1. The van der Waals surface area contributed by atoms with E-state index in [0.29, 0.717) is 17.1 Å². The number of carbonyl (C=O) groups is 1. The first-order valence-electron chi connectivity index (χ1n) is 8.55. The third kappa shape index (κ3) is 2.99. The Balaban J connectivity index is 1.89. The molecule has 0 radical (unpaired) electrons. The molecule has 0 aromatic heterocycles. The lowest BCUT2D eigenvalue weighted by Crippen LogP contribution is -2.59. The van der Waals surface area contributed by atoms with Crippen molar-refractivity contribution in [2.75, 3.05) is 25.8 Å². The number of ether oxygens (including phenoxy) is 3. The Kier molecular flexibility index (Phi) is 4.49. The van der Waals surface area contributed by atoms with E-state index in [9.17, 15) is 9.90 Å². The highest BCUT2D eigenvalue weighted by molar-refractivity contribution is 6.13. The number of nitrogens with zero attached hydrogens (tertiary/aromatic N) is 1. The first kappa shape index (κ1) is 18.7. The van der Waals surface area contributed by atoms with Gasteiger partial charge in [0.25, 0.3) is 5.91 Å². The Bertz CT molecular complexity index is 915. The van der Waals surface area contributed by atoms with Gasteiger partial charge in [-0.25, -0.2) is 4.79 Å². The van der Waals surface area contributed by atoms with E-state index in [1.54, 1.807) is 12.1 Å². The molecule has 2 aliphatic rings. The zero-order chi connectivity index (χ0) is 20.1. The van der Waals surface area contributed by atoms with Crippen LogP contribution in [0.5, 0.6) is 17.2 Å². The molecule has 2 aliphatic heterocycles. The Labute approximate surface area is 166 Å². The van der Waals surface area contributed by atoms with Crippen LogP contribution >= 0.6 is 11.9 Å². The predicted octanol–water partition coefficient (Wildman–Crippen LogP) is 1.92. The first-order chi connectivity index (χ1) is 13.3. The zero-order valence-electron chi connectivity index (χ0n) is 15.2. The van der Waals surface area contributed by atoms with Crippen molar-refractivity contribution in [1.82, 2.24) is 0 Å². The molecule has 3 N–H and O–H groups in total. The van der Waals surface area contributed by atoms with Crippen LogP contribution in [0.3, 0.4) is 0 Å². The Morgan fingerprint density at radius 1 is 1.21 bits per heavy atom. The summed E-state index contributed by atoms with van der Waals surface area (Å²) in [5.74, 6) is -3.96. The van der Waals surface area contributed by atoms with Gasteiger partial charge in [-0.2, -0.15) is 0 Å². The van der Waals surface area contributed by atoms with Crippen LogP contribution in [0.25, 0.3) is 0 Å². The van der Waals surface area contributed by atoms with Crippen molar-refractivity contribution < 1.29 is 28.4 Å². The zero-order valence-corrected chi connectivity index (χ0v) is 16.0. The second-order valence-electron chi connectivity index (χ2n) is 6.93. The molecular weight excluding hydrogens is 388 g/mol. The van der Waals surface area contributed by atoms with E-state index in [-0.39, 0.29) is 12.5 Å². The van der Waals surface area contributed by atoms with Crippen LogP contribution < -0.4 is 24.8 Å². The highest BCUT2D eigenvalue weighted by atomic mass is 35.5. The minimum absolute atomic E-state index is 0.0699. The molecule has 8 nitrogen and oxygen atoms in total. The average molecular weight is 407 g/mol. The van der Waals surface area contributed by atoms with Gasteiger partial charge in [-0.1, -0.05) is 12.1 Å². The van der Waals surface area contributed by atoms with Gasteiger partial charge >= 0.3 is 5.97 Å². The standard InChI is InChI=1S/C19H19ClN2O6/c1-22(2)11-5-3-10(4-6-11)16-12-7-14-15(26-9-25-14)8-13(12)27-19(21,24)17(16)18(23)28-20/h3-8,16-17,24H,9,21H2,1-2H3. The van der Waals surface area contributed by atoms with Crippen molar-refractivity contribution in [2.45, 2.75) is 11.8 Å². The molecule has 148 valence electrons. The molecule has 9 heteroatoms. The highest BCUT2D eigenvalue weighted by Crippen LogP contribution is 2.51. The number of halogens is 1. The summed E-state index contributed by atoms with van der Waals surface area (Å²) in [7, 11) is 3.84. The topological polar surface area (TPSA) is 103 Å². The molecule has 0 aliphatic carbocycles. The summed E-state index contributed by atoms with van der Waals surface area (Å²) >= 11 is 5.33. The van der Waals surface area contributed by atoms with Crippen LogP contribution in [0.1, 0.15) is 17.0 Å². The molecule has 4 rings (SSSR count). The van der Waals surface area contributed by atoms with Gasteiger partial charge in [0, 0.05) is 37.3 Å². The second-order valence-corrected chi connectivity index (χ2v) is 7.09. The number of hydrogen-bond donors (Lipinski definition) is 2. The molecule has 0 bridgehead atoms. The number of carbonyl (C=O) groups excluding carboxylic acids is 1. The van der Waals surface area contributed by atoms with E-state index >= 15 is 0 Å². The fourth-order valence-electron chi connectivity index (χ4n) is 3.63. The molecule has 0 saturated carbocycles. The van der Waals surface area contributed by atoms with E-state index in [0.717, 1.165) is 11.3 Å². The van der Waals surface area contributed by atoms with Gasteiger partial charge in [0.1, 0.15) is 23.5 Å². The number of anilines is 1. The van der Waals surface area contributed by atoms with E-state index in [1.165, 1.54) is 0 Å². The molecule has 0 spiro atoms. The van der Waals surface area contributed by atoms with E-state index in [2.05, 4.69) is 4.29 Å². The normalized spacial score (nSPS) is 24.9. The maximum absolute atomic E-state index is 12.4. The third-order valence-corrected chi connectivity index (χ3v) is 5.14. The number of hydrogen-bond acceptors (Lipinski definition) is 8. The van der Waals surface area contributed by atoms with Gasteiger partial charge in [-0.15, -0.1) is 0 Å². The van der Waals surface area contributed by atoms with Crippen molar-refractivity contribution >= 4 is 23.5 Å². The summed E-state index contributed by atoms with van der Waals surface area (Å²) in [6, 6.07) is 10.8. The van der Waals surface area contributed by atoms with Crippen LogP contribution in [0.2, 0.25) is 0 Å². The summed E-state index contributed by atoms with van der Waals surface area (Å²) in [4.78, 5) is 14.4. The molecule has 2 aromatic rings. The second kappa shape index (κ2) is 6.73. The van der Waals surface area contributed by atoms with Gasteiger partial charge in [0.15, 0.2) is 11.5 Å². The number of nitrogens with two attached hydrogens (primary N) is 1. The van der Waals surface area contributed by atoms with Crippen molar-refractivity contribution in [2.24, 2.45) is 11.7 Å². The molecule has 0 amide bonds. The van der Waals surface area contributed by atoms with Gasteiger partial charge in [0.05, 0.1) is 0 Å². The minimum atomic E-state index is -2.34. The van der Waals surface area contributed by atoms with Gasteiger partial charge in [-0.3, -0.25) is 5.73 Å². The fraction of sp³-hybridized carbons (Fsp3) is 0.316. The van der Waals surface area contributed by atoms with Gasteiger partial charge < -0.3 is 28.5 Å². The molecule has 2 aromatic carbocycles. The lowest BCUT2D eigenvalue weighted by atomic mass is 9.76. The van der Waals surface area contributed by atoms with Crippen LogP contribution in [-0.2, 0) is 9.08 Å². The Morgan fingerprint density at radius 2 is 1.86 bits per heavy atom. The number of fused-ring (bicyclic) bond motifs is 2. The monoisotopic (exact) mass is 406 g/mol. The molecular formula is C19H19ClN2O6. The van der Waals surface area contributed by atoms with Crippen molar-refractivity contribution in [3.8, 4) is 17.2 Å². The van der Waals surface area contributed by atoms with Crippen LogP contribution in [0, 0.1) is 5.92 Å². The summed E-state index contributed by atoms with van der Waals surface area (Å²) in [6.07, 6.45) is 0. The Morgan fingerprint density at radius 3 is 2.46 bits per heavy atom. The molecule has 3 unspecified atom stereocenters. The maximum Gasteiger partial charge on any atom is 0.336 e. The van der Waals surface area contributed by atoms with E-state index in [4.69, 9.17) is 31.8 Å². The first-order valence-corrected chi connectivity index (χ1v) is 8.86. The maximum atomic E-state index is 12.4. The SMILES string of the molecule is CN(C)c1ccc(C2c3cc4c(cc3OC(N)(O)C2C(=O)OCl)OCO4)cc1. The number of benzene rings is 2. The molecule has 2 heterocycles. The summed E-state index contributed by atoms with van der Waals surface area (Å²) in [6.45, 7) is 0.0699. The molecule has 0 fully saturated rings. The Hall–Kier alpha value is -2.68. The summed E-state index contributed by atoms with van der Waals surface area (Å²) in [5.41, 5.74) is 8.26. The summed E-state index contributed by atoms with van der Waals surface area (Å²) < 4.78 is 20.7. The molecule has 0 saturated heterocycles. The van der Waals surface area contributed by atoms with E-state index < -0.39 is 23.7 Å². The lowest BCUT2D eigenvalue weighted by molar-refractivity contribution is -0.199. The quantitative estimate of drug-likeness (QED) is 0.745. The van der Waals surface area contributed by atoms with Crippen molar-refractivity contribution in [3.05, 3.63) is 47.5 Å². The molecule has 3 atom stereocenters. The fourth-order valence-corrected chi connectivity index (χ4v) is 3.73. The van der Waals surface area contributed by atoms with Crippen LogP contribution in [0.4, 0.5) is 5.69 Å². The van der Waals surface area contributed by atoms with Crippen LogP contribution in [0.15, 0.2) is 36.4 Å². The smallest absolute Gasteiger partial charge is 0.336 e. The van der Waals surface area contributed by atoms with Gasteiger partial charge in [-0.05, 0) is 23.8 Å². The largest absolute Gasteiger partial charge is 0.454 e. The minimum Gasteiger partial charge on any atom is -0.454 e. The average Bonchev–Trinajstić information content (AvgIpc) is 3.11. The van der Waals surface area contributed by atoms with E-state index in [1.807, 2.05) is 43.3 Å². The third-order valence-electron chi connectivity index (χ3n) is 4.99. The number of rotatable bonds is 3. The van der Waals surface area contributed by atoms with Crippen LogP contribution in [-0.4, -0.2) is 37.9 Å². The highest BCUT2D eigenvalue weighted by Gasteiger charge is 2.53. The summed E-state index contributed by atoms with van der Waals surface area (Å²) in [5, 5.41) is 10.7. The molecule has 28 heavy (non-hydrogen) atoms.